The van der Waals surface area contributed by atoms with E-state index < -0.39 is 0 Å². The molecule has 2 unspecified atom stereocenters. The summed E-state index contributed by atoms with van der Waals surface area (Å²) in [5, 5.41) is 3.83. The van der Waals surface area contributed by atoms with Crippen LogP contribution in [0.2, 0.25) is 0 Å². The standard InChI is InChI=1S/C16H33N3/c1-5-16(6-2)13-19(10-7-9-17-16)15-8-11-18(4)14(3)12-15/h14-15,17H,5-13H2,1-4H3. The van der Waals surface area contributed by atoms with Crippen LogP contribution in [0.5, 0.6) is 0 Å². The number of rotatable bonds is 3. The monoisotopic (exact) mass is 267 g/mol. The highest BCUT2D eigenvalue weighted by Crippen LogP contribution is 2.26. The van der Waals surface area contributed by atoms with E-state index in [0.717, 1.165) is 12.1 Å². The first-order valence-electron chi connectivity index (χ1n) is 8.29. The minimum Gasteiger partial charge on any atom is -0.310 e. The van der Waals surface area contributed by atoms with Gasteiger partial charge in [0, 0.05) is 24.2 Å². The molecule has 0 radical (unpaired) electrons. The topological polar surface area (TPSA) is 18.5 Å². The Bertz CT molecular complexity index is 275. The van der Waals surface area contributed by atoms with Gasteiger partial charge in [-0.15, -0.1) is 0 Å². The van der Waals surface area contributed by atoms with E-state index in [1.807, 2.05) is 0 Å². The molecule has 3 heteroatoms. The van der Waals surface area contributed by atoms with Gasteiger partial charge >= 0.3 is 0 Å². The summed E-state index contributed by atoms with van der Waals surface area (Å²) in [6.45, 7) is 12.1. The lowest BCUT2D eigenvalue weighted by Crippen LogP contribution is -2.55. The quantitative estimate of drug-likeness (QED) is 0.846. The van der Waals surface area contributed by atoms with E-state index in [-0.39, 0.29) is 0 Å². The van der Waals surface area contributed by atoms with Gasteiger partial charge in [-0.3, -0.25) is 4.90 Å². The molecule has 2 saturated heterocycles. The molecule has 0 aromatic heterocycles. The fourth-order valence-electron chi connectivity index (χ4n) is 3.79. The molecule has 2 fully saturated rings. The number of hydrogen-bond acceptors (Lipinski definition) is 3. The Balaban J connectivity index is 2.02. The highest BCUT2D eigenvalue weighted by Gasteiger charge is 2.35. The zero-order valence-corrected chi connectivity index (χ0v) is 13.4. The summed E-state index contributed by atoms with van der Waals surface area (Å²) in [4.78, 5) is 5.32. The highest BCUT2D eigenvalue weighted by atomic mass is 15.2. The Morgan fingerprint density at radius 3 is 2.58 bits per heavy atom. The minimum atomic E-state index is 0.364. The van der Waals surface area contributed by atoms with Crippen molar-refractivity contribution in [1.82, 2.24) is 15.1 Å². The third-order valence-electron chi connectivity index (χ3n) is 5.68. The van der Waals surface area contributed by atoms with Crippen LogP contribution in [0.1, 0.15) is 52.9 Å². The molecule has 0 aromatic rings. The van der Waals surface area contributed by atoms with E-state index in [1.165, 1.54) is 58.3 Å². The first-order chi connectivity index (χ1) is 9.10. The van der Waals surface area contributed by atoms with Crippen LogP contribution in [-0.4, -0.2) is 60.6 Å². The van der Waals surface area contributed by atoms with E-state index in [4.69, 9.17) is 0 Å². The fourth-order valence-corrected chi connectivity index (χ4v) is 3.79. The molecule has 0 bridgehead atoms. The van der Waals surface area contributed by atoms with Gasteiger partial charge in [0.15, 0.2) is 0 Å². The predicted molar refractivity (Wildman–Crippen MR) is 82.6 cm³/mol. The molecule has 2 atom stereocenters. The smallest absolute Gasteiger partial charge is 0.0303 e. The molecule has 3 nitrogen and oxygen atoms in total. The van der Waals surface area contributed by atoms with E-state index in [0.29, 0.717) is 5.54 Å². The summed E-state index contributed by atoms with van der Waals surface area (Å²) in [6.07, 6.45) is 6.51. The lowest BCUT2D eigenvalue weighted by atomic mass is 9.90. The Morgan fingerprint density at radius 2 is 1.95 bits per heavy atom. The lowest BCUT2D eigenvalue weighted by molar-refractivity contribution is 0.0720. The van der Waals surface area contributed by atoms with Gasteiger partial charge in [0.05, 0.1) is 0 Å². The average molecular weight is 267 g/mol. The molecule has 112 valence electrons. The summed E-state index contributed by atoms with van der Waals surface area (Å²) < 4.78 is 0. The Hall–Kier alpha value is -0.120. The van der Waals surface area contributed by atoms with Crippen LogP contribution < -0.4 is 5.32 Å². The van der Waals surface area contributed by atoms with Crippen molar-refractivity contribution in [3.8, 4) is 0 Å². The van der Waals surface area contributed by atoms with Crippen LogP contribution >= 0.6 is 0 Å². The molecule has 1 N–H and O–H groups in total. The van der Waals surface area contributed by atoms with Crippen molar-refractivity contribution in [3.05, 3.63) is 0 Å². The summed E-state index contributed by atoms with van der Waals surface area (Å²) >= 11 is 0. The molecule has 2 rings (SSSR count). The molecule has 0 aliphatic carbocycles. The number of likely N-dealkylation sites (tertiary alicyclic amines) is 1. The molecule has 2 aliphatic rings. The normalized spacial score (nSPS) is 34.1. The van der Waals surface area contributed by atoms with Crippen molar-refractivity contribution in [2.24, 2.45) is 0 Å². The van der Waals surface area contributed by atoms with Crippen LogP contribution in [0.15, 0.2) is 0 Å². The summed E-state index contributed by atoms with van der Waals surface area (Å²) in [7, 11) is 2.27. The van der Waals surface area contributed by atoms with Gasteiger partial charge < -0.3 is 10.2 Å². The molecule has 0 saturated carbocycles. The maximum absolute atomic E-state index is 3.83. The largest absolute Gasteiger partial charge is 0.310 e. The Kier molecular flexibility index (Phi) is 5.27. The highest BCUT2D eigenvalue weighted by molar-refractivity contribution is 4.94. The zero-order chi connectivity index (χ0) is 13.9. The van der Waals surface area contributed by atoms with E-state index in [1.54, 1.807) is 0 Å². The van der Waals surface area contributed by atoms with E-state index in [2.05, 4.69) is 42.9 Å². The van der Waals surface area contributed by atoms with Crippen LogP contribution in [0, 0.1) is 0 Å². The predicted octanol–water partition coefficient (Wildman–Crippen LogP) is 2.32. The second kappa shape index (κ2) is 6.55. The lowest BCUT2D eigenvalue weighted by Gasteiger charge is -2.43. The van der Waals surface area contributed by atoms with Crippen molar-refractivity contribution in [3.63, 3.8) is 0 Å². The fraction of sp³-hybridized carbons (Fsp3) is 1.00. The minimum absolute atomic E-state index is 0.364. The molecule has 2 aliphatic heterocycles. The van der Waals surface area contributed by atoms with Crippen molar-refractivity contribution < 1.29 is 0 Å². The third-order valence-corrected chi connectivity index (χ3v) is 5.68. The van der Waals surface area contributed by atoms with Crippen LogP contribution in [0.3, 0.4) is 0 Å². The van der Waals surface area contributed by atoms with E-state index in [9.17, 15) is 0 Å². The van der Waals surface area contributed by atoms with Crippen LogP contribution in [0.4, 0.5) is 0 Å². The summed E-state index contributed by atoms with van der Waals surface area (Å²) in [6, 6.07) is 1.55. The van der Waals surface area contributed by atoms with Crippen LogP contribution in [-0.2, 0) is 0 Å². The van der Waals surface area contributed by atoms with Gasteiger partial charge in [-0.05, 0) is 65.7 Å². The van der Waals surface area contributed by atoms with Gasteiger partial charge in [-0.1, -0.05) is 13.8 Å². The van der Waals surface area contributed by atoms with E-state index >= 15 is 0 Å². The first kappa shape index (κ1) is 15.3. The number of hydrogen-bond donors (Lipinski definition) is 1. The first-order valence-corrected chi connectivity index (χ1v) is 8.29. The van der Waals surface area contributed by atoms with Gasteiger partial charge in [0.2, 0.25) is 0 Å². The SMILES string of the molecule is CCC1(CC)CN(C2CCN(C)C(C)C2)CCCN1. The second-order valence-electron chi connectivity index (χ2n) is 6.75. The van der Waals surface area contributed by atoms with Gasteiger partial charge in [0.25, 0.3) is 0 Å². The molecule has 2 heterocycles. The van der Waals surface area contributed by atoms with Gasteiger partial charge in [-0.2, -0.15) is 0 Å². The number of nitrogens with one attached hydrogen (secondary N) is 1. The third kappa shape index (κ3) is 3.50. The van der Waals surface area contributed by atoms with Crippen molar-refractivity contribution in [2.75, 3.05) is 33.2 Å². The molecule has 0 aromatic carbocycles. The zero-order valence-electron chi connectivity index (χ0n) is 13.4. The summed E-state index contributed by atoms with van der Waals surface area (Å²) in [5.74, 6) is 0. The number of piperidine rings is 1. The maximum atomic E-state index is 3.83. The van der Waals surface area contributed by atoms with Crippen LogP contribution in [0.25, 0.3) is 0 Å². The molecular weight excluding hydrogens is 234 g/mol. The van der Waals surface area contributed by atoms with Gasteiger partial charge in [0.1, 0.15) is 0 Å². The average Bonchev–Trinajstić information content (AvgIpc) is 2.65. The van der Waals surface area contributed by atoms with Crippen molar-refractivity contribution >= 4 is 0 Å². The Morgan fingerprint density at radius 1 is 1.21 bits per heavy atom. The molecular formula is C16H33N3. The van der Waals surface area contributed by atoms with Gasteiger partial charge in [-0.25, -0.2) is 0 Å². The van der Waals surface area contributed by atoms with Crippen molar-refractivity contribution in [1.29, 1.82) is 0 Å². The Labute approximate surface area is 119 Å². The second-order valence-corrected chi connectivity index (χ2v) is 6.75. The molecule has 0 spiro atoms. The maximum Gasteiger partial charge on any atom is 0.0303 e. The summed E-state index contributed by atoms with van der Waals surface area (Å²) in [5.41, 5.74) is 0.364. The van der Waals surface area contributed by atoms with Crippen molar-refractivity contribution in [2.45, 2.75) is 70.5 Å². The number of nitrogens with zero attached hydrogens (tertiary/aromatic N) is 2. The molecule has 19 heavy (non-hydrogen) atoms. The molecule has 0 amide bonds.